The Morgan fingerprint density at radius 3 is 2.35 bits per heavy atom. The summed E-state index contributed by atoms with van der Waals surface area (Å²) in [5.74, 6) is -1.23. The van der Waals surface area contributed by atoms with Gasteiger partial charge in [0.25, 0.3) is 10.0 Å². The highest BCUT2D eigenvalue weighted by molar-refractivity contribution is 7.92. The third-order valence-corrected chi connectivity index (χ3v) is 4.88. The largest absolute Gasteiger partial charge is 0.495 e. The van der Waals surface area contributed by atoms with Crippen LogP contribution < -0.4 is 14.8 Å². The highest BCUT2D eigenvalue weighted by atomic mass is 32.2. The Morgan fingerprint density at radius 1 is 1.08 bits per heavy atom. The van der Waals surface area contributed by atoms with Crippen molar-refractivity contribution in [2.24, 2.45) is 0 Å². The van der Waals surface area contributed by atoms with Crippen LogP contribution in [0, 0.1) is 6.92 Å². The molecule has 2 aromatic rings. The molecule has 0 spiro atoms. The number of hydrogen-bond acceptors (Lipinski definition) is 5. The van der Waals surface area contributed by atoms with Gasteiger partial charge in [0.05, 0.1) is 28.9 Å². The number of rotatable bonds is 6. The first-order chi connectivity index (χ1) is 12.1. The lowest BCUT2D eigenvalue weighted by atomic mass is 10.1. The van der Waals surface area contributed by atoms with E-state index < -0.39 is 16.0 Å². The van der Waals surface area contributed by atoms with Crippen molar-refractivity contribution in [2.75, 3.05) is 17.1 Å². The minimum atomic E-state index is -4.01. The minimum absolute atomic E-state index is 0.0398. The molecule has 0 bridgehead atoms. The second-order valence-electron chi connectivity index (χ2n) is 5.48. The number of amides is 1. The molecule has 0 atom stereocenters. The number of sulfonamides is 1. The zero-order valence-electron chi connectivity index (χ0n) is 14.4. The summed E-state index contributed by atoms with van der Waals surface area (Å²) < 4.78 is 32.8. The van der Waals surface area contributed by atoms with Crippen molar-refractivity contribution in [1.29, 1.82) is 0 Å². The fourth-order valence-electron chi connectivity index (χ4n) is 2.21. The van der Waals surface area contributed by atoms with Crippen LogP contribution in [0.3, 0.4) is 0 Å². The van der Waals surface area contributed by atoms with E-state index in [0.29, 0.717) is 11.3 Å². The number of carbonyl (C=O) groups is 2. The number of methoxy groups -OCH3 is 1. The molecule has 0 aliphatic carbocycles. The standard InChI is InChI=1S/C17H18N2O6S/c1-10-4-5-12(17(21)22)8-14(10)19-26(23,24)13-6-7-16(25-3)15(9-13)18-11(2)20/h4-9,19H,1-3H3,(H,18,20)(H,21,22). The lowest BCUT2D eigenvalue weighted by Gasteiger charge is -2.14. The van der Waals surface area contributed by atoms with E-state index >= 15 is 0 Å². The maximum Gasteiger partial charge on any atom is 0.335 e. The van der Waals surface area contributed by atoms with E-state index in [-0.39, 0.29) is 27.7 Å². The van der Waals surface area contributed by atoms with Gasteiger partial charge in [-0.1, -0.05) is 6.07 Å². The van der Waals surface area contributed by atoms with Gasteiger partial charge in [0.15, 0.2) is 0 Å². The maximum atomic E-state index is 12.7. The number of nitrogens with one attached hydrogen (secondary N) is 2. The SMILES string of the molecule is COc1ccc(S(=O)(=O)Nc2cc(C(=O)O)ccc2C)cc1NC(C)=O. The van der Waals surface area contributed by atoms with Crippen LogP contribution in [0.25, 0.3) is 0 Å². The predicted molar refractivity (Wildman–Crippen MR) is 96.2 cm³/mol. The van der Waals surface area contributed by atoms with Gasteiger partial charge < -0.3 is 15.2 Å². The van der Waals surface area contributed by atoms with Crippen molar-refractivity contribution < 1.29 is 27.9 Å². The topological polar surface area (TPSA) is 122 Å². The molecule has 0 saturated carbocycles. The lowest BCUT2D eigenvalue weighted by molar-refractivity contribution is -0.114. The average Bonchev–Trinajstić information content (AvgIpc) is 2.55. The number of anilines is 2. The third-order valence-electron chi connectivity index (χ3n) is 3.52. The first-order valence-electron chi connectivity index (χ1n) is 7.46. The van der Waals surface area contributed by atoms with E-state index in [1.807, 2.05) is 0 Å². The average molecular weight is 378 g/mol. The van der Waals surface area contributed by atoms with E-state index in [4.69, 9.17) is 9.84 Å². The van der Waals surface area contributed by atoms with Gasteiger partial charge in [-0.25, -0.2) is 13.2 Å². The smallest absolute Gasteiger partial charge is 0.335 e. The fourth-order valence-corrected chi connectivity index (χ4v) is 3.36. The third kappa shape index (κ3) is 4.31. The first-order valence-corrected chi connectivity index (χ1v) is 8.95. The van der Waals surface area contributed by atoms with Crippen molar-refractivity contribution in [3.05, 3.63) is 47.5 Å². The Morgan fingerprint density at radius 2 is 1.77 bits per heavy atom. The van der Waals surface area contributed by atoms with Gasteiger partial charge >= 0.3 is 5.97 Å². The molecule has 0 heterocycles. The molecule has 0 radical (unpaired) electrons. The molecule has 2 rings (SSSR count). The van der Waals surface area contributed by atoms with E-state index in [1.54, 1.807) is 6.92 Å². The highest BCUT2D eigenvalue weighted by Gasteiger charge is 2.19. The molecule has 138 valence electrons. The van der Waals surface area contributed by atoms with Gasteiger partial charge in [-0.2, -0.15) is 0 Å². The van der Waals surface area contributed by atoms with Crippen molar-refractivity contribution in [1.82, 2.24) is 0 Å². The zero-order chi connectivity index (χ0) is 19.5. The molecule has 0 aliphatic rings. The number of aromatic carboxylic acids is 1. The quantitative estimate of drug-likeness (QED) is 0.710. The molecule has 8 nitrogen and oxygen atoms in total. The number of aryl methyl sites for hydroxylation is 1. The van der Waals surface area contributed by atoms with Crippen LogP contribution in [0.15, 0.2) is 41.3 Å². The molecular weight excluding hydrogens is 360 g/mol. The van der Waals surface area contributed by atoms with E-state index in [1.165, 1.54) is 50.4 Å². The number of carbonyl (C=O) groups excluding carboxylic acids is 1. The molecule has 0 fully saturated rings. The molecule has 1 amide bonds. The summed E-state index contributed by atoms with van der Waals surface area (Å²) in [5.41, 5.74) is 0.886. The van der Waals surface area contributed by atoms with Gasteiger partial charge in [0, 0.05) is 6.92 Å². The summed E-state index contributed by atoms with van der Waals surface area (Å²) >= 11 is 0. The summed E-state index contributed by atoms with van der Waals surface area (Å²) in [7, 11) is -2.61. The molecule has 9 heteroatoms. The first kappa shape index (κ1) is 19.3. The number of carboxylic acid groups (broad SMARTS) is 1. The van der Waals surface area contributed by atoms with Crippen LogP contribution in [-0.4, -0.2) is 32.5 Å². The summed E-state index contributed by atoms with van der Waals surface area (Å²) in [4.78, 5) is 22.3. The molecular formula is C17H18N2O6S. The van der Waals surface area contributed by atoms with Crippen LogP contribution in [0.2, 0.25) is 0 Å². The molecule has 2 aromatic carbocycles. The van der Waals surface area contributed by atoms with Gasteiger partial charge in [0.1, 0.15) is 5.75 Å². The lowest BCUT2D eigenvalue weighted by Crippen LogP contribution is -2.15. The van der Waals surface area contributed by atoms with E-state index in [2.05, 4.69) is 10.0 Å². The van der Waals surface area contributed by atoms with Crippen LogP contribution in [0.5, 0.6) is 5.75 Å². The summed E-state index contributed by atoms with van der Waals surface area (Å²) in [6.07, 6.45) is 0. The van der Waals surface area contributed by atoms with Crippen molar-refractivity contribution in [2.45, 2.75) is 18.7 Å². The van der Waals surface area contributed by atoms with E-state index in [0.717, 1.165) is 0 Å². The van der Waals surface area contributed by atoms with Crippen molar-refractivity contribution in [3.63, 3.8) is 0 Å². The van der Waals surface area contributed by atoms with Gasteiger partial charge in [-0.15, -0.1) is 0 Å². The number of carboxylic acids is 1. The molecule has 0 unspecified atom stereocenters. The Labute approximate surface area is 150 Å². The van der Waals surface area contributed by atoms with Crippen LogP contribution in [-0.2, 0) is 14.8 Å². The number of hydrogen-bond donors (Lipinski definition) is 3. The molecule has 0 saturated heterocycles. The van der Waals surface area contributed by atoms with Crippen LogP contribution >= 0.6 is 0 Å². The second-order valence-corrected chi connectivity index (χ2v) is 7.17. The van der Waals surface area contributed by atoms with Crippen LogP contribution in [0.4, 0.5) is 11.4 Å². The van der Waals surface area contributed by atoms with Gasteiger partial charge in [-0.05, 0) is 42.8 Å². The molecule has 0 aromatic heterocycles. The Kier molecular flexibility index (Phi) is 5.51. The predicted octanol–water partition coefficient (Wildman–Crippen LogP) is 2.46. The van der Waals surface area contributed by atoms with E-state index in [9.17, 15) is 18.0 Å². The van der Waals surface area contributed by atoms with Crippen molar-refractivity contribution >= 4 is 33.3 Å². The Bertz CT molecular complexity index is 969. The summed E-state index contributed by atoms with van der Waals surface area (Å²) in [5, 5.41) is 11.6. The summed E-state index contributed by atoms with van der Waals surface area (Å²) in [6, 6.07) is 8.14. The summed E-state index contributed by atoms with van der Waals surface area (Å²) in [6.45, 7) is 2.94. The maximum absolute atomic E-state index is 12.7. The van der Waals surface area contributed by atoms with Crippen molar-refractivity contribution in [3.8, 4) is 5.75 Å². The number of benzene rings is 2. The van der Waals surface area contributed by atoms with Gasteiger partial charge in [-0.3, -0.25) is 9.52 Å². The fraction of sp³-hybridized carbons (Fsp3) is 0.176. The van der Waals surface area contributed by atoms with Gasteiger partial charge in [0.2, 0.25) is 5.91 Å². The Hall–Kier alpha value is -3.07. The normalized spacial score (nSPS) is 10.9. The number of ether oxygens (including phenoxy) is 1. The Balaban J connectivity index is 2.43. The zero-order valence-corrected chi connectivity index (χ0v) is 15.2. The molecule has 0 aliphatic heterocycles. The minimum Gasteiger partial charge on any atom is -0.495 e. The monoisotopic (exact) mass is 378 g/mol. The molecule has 3 N–H and O–H groups in total. The highest BCUT2D eigenvalue weighted by Crippen LogP contribution is 2.29. The second kappa shape index (κ2) is 7.44. The van der Waals surface area contributed by atoms with Crippen LogP contribution in [0.1, 0.15) is 22.8 Å². The molecule has 26 heavy (non-hydrogen) atoms.